The molecule has 0 fully saturated rings. The average Bonchev–Trinajstić information content (AvgIpc) is 2.52. The van der Waals surface area contributed by atoms with E-state index in [9.17, 15) is 5.11 Å². The van der Waals surface area contributed by atoms with Crippen LogP contribution in [0.25, 0.3) is 0 Å². The molecule has 1 aromatic carbocycles. The van der Waals surface area contributed by atoms with Crippen molar-refractivity contribution in [1.29, 1.82) is 0 Å². The number of nitrogens with zero attached hydrogens (tertiary/aromatic N) is 1. The highest BCUT2D eigenvalue weighted by molar-refractivity contribution is 5.29. The maximum Gasteiger partial charge on any atom is 0.125 e. The van der Waals surface area contributed by atoms with Gasteiger partial charge in [0.2, 0.25) is 0 Å². The van der Waals surface area contributed by atoms with Crippen molar-refractivity contribution in [2.24, 2.45) is 0 Å². The van der Waals surface area contributed by atoms with E-state index in [4.69, 9.17) is 11.2 Å². The number of benzene rings is 1. The van der Waals surface area contributed by atoms with E-state index in [0.29, 0.717) is 6.54 Å². The summed E-state index contributed by atoms with van der Waals surface area (Å²) >= 11 is 0. The van der Waals surface area contributed by atoms with Crippen LogP contribution in [0, 0.1) is 12.3 Å². The van der Waals surface area contributed by atoms with Crippen molar-refractivity contribution in [3.05, 3.63) is 35.4 Å². The Morgan fingerprint density at radius 3 is 2.81 bits per heavy atom. The van der Waals surface area contributed by atoms with Crippen LogP contribution in [0.5, 0.6) is 0 Å². The van der Waals surface area contributed by atoms with Crippen molar-refractivity contribution in [2.45, 2.75) is 44.9 Å². The minimum absolute atomic E-state index is 0.284. The number of aliphatic hydroxyl groups excluding tert-OH is 1. The molecule has 3 nitrogen and oxygen atoms in total. The molecule has 0 aromatic heterocycles. The van der Waals surface area contributed by atoms with Crippen LogP contribution < -0.4 is 0 Å². The number of hydrogen-bond donors (Lipinski definition) is 1. The Hall–Kier alpha value is -1.34. The van der Waals surface area contributed by atoms with Gasteiger partial charge in [0.15, 0.2) is 0 Å². The van der Waals surface area contributed by atoms with Gasteiger partial charge >= 0.3 is 0 Å². The third-order valence-corrected chi connectivity index (χ3v) is 4.25. The first-order chi connectivity index (χ1) is 10.1. The molecule has 21 heavy (non-hydrogen) atoms. The molecule has 0 spiro atoms. The molecule has 114 valence electrons. The molecule has 0 aliphatic carbocycles. The Balaban J connectivity index is 1.82. The Bertz CT molecular complexity index is 508. The maximum atomic E-state index is 10.2. The zero-order valence-electron chi connectivity index (χ0n) is 13.0. The number of hydrogen-bond acceptors (Lipinski definition) is 3. The zero-order chi connectivity index (χ0) is 15.3. The molecular formula is C18H25NO2. The van der Waals surface area contributed by atoms with Crippen molar-refractivity contribution in [3.8, 4) is 12.3 Å². The van der Waals surface area contributed by atoms with E-state index in [1.807, 2.05) is 13.8 Å². The maximum absolute atomic E-state index is 10.2. The summed E-state index contributed by atoms with van der Waals surface area (Å²) in [6.45, 7) is 6.66. The van der Waals surface area contributed by atoms with Gasteiger partial charge < -0.3 is 9.84 Å². The van der Waals surface area contributed by atoms with Crippen LogP contribution in [0.15, 0.2) is 24.3 Å². The first kappa shape index (κ1) is 16.0. The van der Waals surface area contributed by atoms with E-state index >= 15 is 0 Å². The second-order valence-corrected chi connectivity index (χ2v) is 5.95. The van der Waals surface area contributed by atoms with Crippen molar-refractivity contribution in [3.63, 3.8) is 0 Å². The Kier molecular flexibility index (Phi) is 5.41. The second kappa shape index (κ2) is 7.09. The minimum atomic E-state index is -0.574. The largest absolute Gasteiger partial charge is 0.389 e. The molecule has 0 amide bonds. The number of fused-ring (bicyclic) bond motifs is 1. The third-order valence-electron chi connectivity index (χ3n) is 4.25. The van der Waals surface area contributed by atoms with Crippen LogP contribution in [-0.2, 0) is 17.7 Å². The van der Waals surface area contributed by atoms with E-state index in [-0.39, 0.29) is 6.61 Å². The predicted octanol–water partition coefficient (Wildman–Crippen LogP) is 2.22. The third kappa shape index (κ3) is 4.31. The fourth-order valence-corrected chi connectivity index (χ4v) is 2.59. The molecule has 0 saturated heterocycles. The van der Waals surface area contributed by atoms with E-state index < -0.39 is 11.7 Å². The highest BCUT2D eigenvalue weighted by Gasteiger charge is 2.23. The number of rotatable bonds is 6. The number of terminal acetylenes is 1. The van der Waals surface area contributed by atoms with Crippen LogP contribution in [0.3, 0.4) is 0 Å². The summed E-state index contributed by atoms with van der Waals surface area (Å²) in [5, 5.41) is 10.2. The summed E-state index contributed by atoms with van der Waals surface area (Å²) in [5.41, 5.74) is 2.21. The highest BCUT2D eigenvalue weighted by Crippen LogP contribution is 2.19. The van der Waals surface area contributed by atoms with E-state index in [1.54, 1.807) is 0 Å². The molecule has 1 N–H and O–H groups in total. The first-order valence-corrected chi connectivity index (χ1v) is 7.65. The lowest BCUT2D eigenvalue weighted by Crippen LogP contribution is -2.40. The van der Waals surface area contributed by atoms with Gasteiger partial charge in [-0.2, -0.15) is 0 Å². The fraction of sp³-hybridized carbons (Fsp3) is 0.556. The van der Waals surface area contributed by atoms with Gasteiger partial charge in [0.05, 0.1) is 12.7 Å². The average molecular weight is 287 g/mol. The smallest absolute Gasteiger partial charge is 0.125 e. The van der Waals surface area contributed by atoms with Crippen LogP contribution in [0.4, 0.5) is 0 Å². The van der Waals surface area contributed by atoms with Gasteiger partial charge in [0, 0.05) is 19.6 Å². The van der Waals surface area contributed by atoms with Gasteiger partial charge in [0.25, 0.3) is 0 Å². The molecule has 3 heteroatoms. The summed E-state index contributed by atoms with van der Waals surface area (Å²) in [7, 11) is 0. The molecule has 0 saturated carbocycles. The standard InChI is InChI=1S/C18H25NO2/c1-4-18(3,5-2)21-14-17(20)13-19-11-10-15-8-6-7-9-16(15)12-19/h1,6-9,17,20H,5,10-14H2,2-3H3/t17-,18-/m1/s1. The highest BCUT2D eigenvalue weighted by atomic mass is 16.5. The number of β-amino-alcohol motifs (C(OH)–C–C–N with tert-alkyl or cyclic N) is 1. The van der Waals surface area contributed by atoms with E-state index in [0.717, 1.165) is 25.9 Å². The Morgan fingerprint density at radius 2 is 2.14 bits per heavy atom. The summed E-state index contributed by atoms with van der Waals surface area (Å²) in [5.74, 6) is 2.65. The van der Waals surface area contributed by atoms with Gasteiger partial charge in [-0.3, -0.25) is 4.90 Å². The summed E-state index contributed by atoms with van der Waals surface area (Å²) in [6, 6.07) is 8.51. The topological polar surface area (TPSA) is 32.7 Å². The zero-order valence-corrected chi connectivity index (χ0v) is 13.0. The Labute approximate surface area is 127 Å². The van der Waals surface area contributed by atoms with E-state index in [2.05, 4.69) is 35.1 Å². The van der Waals surface area contributed by atoms with Gasteiger partial charge in [-0.05, 0) is 30.9 Å². The van der Waals surface area contributed by atoms with Crippen molar-refractivity contribution < 1.29 is 9.84 Å². The van der Waals surface area contributed by atoms with Crippen molar-refractivity contribution in [1.82, 2.24) is 4.90 Å². The van der Waals surface area contributed by atoms with Crippen LogP contribution in [0.2, 0.25) is 0 Å². The van der Waals surface area contributed by atoms with Crippen molar-refractivity contribution >= 4 is 0 Å². The lowest BCUT2D eigenvalue weighted by Gasteiger charge is -2.31. The number of aliphatic hydroxyl groups is 1. The molecule has 0 unspecified atom stereocenters. The molecule has 1 aromatic rings. The minimum Gasteiger partial charge on any atom is -0.389 e. The molecular weight excluding hydrogens is 262 g/mol. The van der Waals surface area contributed by atoms with E-state index in [1.165, 1.54) is 11.1 Å². The van der Waals surface area contributed by atoms with Crippen LogP contribution >= 0.6 is 0 Å². The lowest BCUT2D eigenvalue weighted by molar-refractivity contribution is -0.0480. The fourth-order valence-electron chi connectivity index (χ4n) is 2.59. The summed E-state index contributed by atoms with van der Waals surface area (Å²) < 4.78 is 5.69. The molecule has 2 rings (SSSR count). The van der Waals surface area contributed by atoms with Gasteiger partial charge in [-0.1, -0.05) is 37.1 Å². The molecule has 0 bridgehead atoms. The lowest BCUT2D eigenvalue weighted by atomic mass is 10.00. The van der Waals surface area contributed by atoms with Gasteiger partial charge in [-0.15, -0.1) is 6.42 Å². The molecule has 1 aliphatic heterocycles. The van der Waals surface area contributed by atoms with Gasteiger partial charge in [0.1, 0.15) is 5.60 Å². The normalized spacial score (nSPS) is 19.3. The van der Waals surface area contributed by atoms with Crippen LogP contribution in [-0.4, -0.2) is 41.4 Å². The molecule has 0 radical (unpaired) electrons. The van der Waals surface area contributed by atoms with Crippen molar-refractivity contribution in [2.75, 3.05) is 19.7 Å². The monoisotopic (exact) mass is 287 g/mol. The Morgan fingerprint density at radius 1 is 1.43 bits per heavy atom. The second-order valence-electron chi connectivity index (χ2n) is 5.95. The first-order valence-electron chi connectivity index (χ1n) is 7.65. The van der Waals surface area contributed by atoms with Gasteiger partial charge in [-0.25, -0.2) is 0 Å². The molecule has 1 heterocycles. The molecule has 1 aliphatic rings. The van der Waals surface area contributed by atoms with Crippen LogP contribution in [0.1, 0.15) is 31.4 Å². The SMILES string of the molecule is C#C[C@](C)(CC)OC[C@H](O)CN1CCc2ccccc2C1. The predicted molar refractivity (Wildman–Crippen MR) is 84.9 cm³/mol. The summed E-state index contributed by atoms with van der Waals surface area (Å²) in [4.78, 5) is 2.27. The molecule has 2 atom stereocenters. The summed E-state index contributed by atoms with van der Waals surface area (Å²) in [6.07, 6.45) is 6.75. The quantitative estimate of drug-likeness (QED) is 0.814. The number of ether oxygens (including phenoxy) is 1.